The molecule has 1 atom stereocenters. The molecule has 1 unspecified atom stereocenters. The van der Waals surface area contributed by atoms with Gasteiger partial charge in [0.2, 0.25) is 0 Å². The topological polar surface area (TPSA) is 57.1 Å². The molecule has 30 heavy (non-hydrogen) atoms. The van der Waals surface area contributed by atoms with Gasteiger partial charge in [-0.3, -0.25) is 9.59 Å². The first-order valence-electron chi connectivity index (χ1n) is 10.3. The van der Waals surface area contributed by atoms with E-state index in [1.165, 1.54) is 16.8 Å². The summed E-state index contributed by atoms with van der Waals surface area (Å²) >= 11 is 5.86. The summed E-state index contributed by atoms with van der Waals surface area (Å²) in [4.78, 5) is 30.0. The molecule has 1 heterocycles. The van der Waals surface area contributed by atoms with Crippen molar-refractivity contribution in [1.82, 2.24) is 4.90 Å². The van der Waals surface area contributed by atoms with Crippen molar-refractivity contribution in [2.75, 3.05) is 56.5 Å². The van der Waals surface area contributed by atoms with Crippen LogP contribution in [0.5, 0.6) is 0 Å². The third-order valence-electron chi connectivity index (χ3n) is 5.59. The molecule has 2 aromatic carbocycles. The van der Waals surface area contributed by atoms with Gasteiger partial charge in [-0.05, 0) is 55.3 Å². The Balaban J connectivity index is 1.45. The molecule has 1 aliphatic heterocycles. The lowest BCUT2D eigenvalue weighted by Gasteiger charge is -2.37. The average molecular weight is 430 g/mol. The Bertz CT molecular complexity index is 893. The monoisotopic (exact) mass is 429 g/mol. The second-order valence-corrected chi connectivity index (χ2v) is 8.39. The highest BCUT2D eigenvalue weighted by molar-refractivity contribution is 6.30. The first-order valence-corrected chi connectivity index (χ1v) is 10.7. The number of rotatable bonds is 6. The van der Waals surface area contributed by atoms with Crippen LogP contribution in [0.3, 0.4) is 0 Å². The molecule has 3 rings (SSSR count). The van der Waals surface area contributed by atoms with Gasteiger partial charge in [0.15, 0.2) is 13.1 Å². The number of hydrogen-bond donors (Lipinski definition) is 2. The van der Waals surface area contributed by atoms with Gasteiger partial charge in [-0.2, -0.15) is 0 Å². The van der Waals surface area contributed by atoms with Crippen LogP contribution in [0, 0.1) is 13.8 Å². The quantitative estimate of drug-likeness (QED) is 0.735. The minimum atomic E-state index is -0.123. The van der Waals surface area contributed by atoms with Gasteiger partial charge in [0.1, 0.15) is 0 Å². The maximum atomic E-state index is 12.7. The Morgan fingerprint density at radius 2 is 1.67 bits per heavy atom. The molecule has 2 aromatic rings. The van der Waals surface area contributed by atoms with E-state index in [0.717, 1.165) is 18.0 Å². The molecular weight excluding hydrogens is 400 g/mol. The van der Waals surface area contributed by atoms with Crippen LogP contribution in [0.2, 0.25) is 5.02 Å². The number of carbonyl (C=O) groups excluding carboxylic acids is 2. The molecule has 0 aliphatic carbocycles. The lowest BCUT2D eigenvalue weighted by atomic mass is 10.1. The molecule has 160 valence electrons. The number of amides is 2. The van der Waals surface area contributed by atoms with Crippen molar-refractivity contribution in [2.24, 2.45) is 0 Å². The minimum Gasteiger partial charge on any atom is -0.368 e. The van der Waals surface area contributed by atoms with Crippen molar-refractivity contribution >= 4 is 34.8 Å². The van der Waals surface area contributed by atoms with Crippen molar-refractivity contribution in [1.29, 1.82) is 0 Å². The van der Waals surface area contributed by atoms with E-state index in [4.69, 9.17) is 11.6 Å². The van der Waals surface area contributed by atoms with Crippen LogP contribution < -0.4 is 15.1 Å². The largest absolute Gasteiger partial charge is 0.368 e. The van der Waals surface area contributed by atoms with Gasteiger partial charge in [0.25, 0.3) is 11.8 Å². The molecule has 0 aromatic heterocycles. The van der Waals surface area contributed by atoms with Gasteiger partial charge in [-0.15, -0.1) is 0 Å². The van der Waals surface area contributed by atoms with E-state index < -0.39 is 0 Å². The second kappa shape index (κ2) is 9.96. The van der Waals surface area contributed by atoms with Gasteiger partial charge in [0, 0.05) is 42.6 Å². The van der Waals surface area contributed by atoms with Crippen LogP contribution in [0.4, 0.5) is 11.4 Å². The van der Waals surface area contributed by atoms with Crippen LogP contribution >= 0.6 is 11.6 Å². The van der Waals surface area contributed by atoms with E-state index in [9.17, 15) is 9.59 Å². The Morgan fingerprint density at radius 3 is 2.33 bits per heavy atom. The van der Waals surface area contributed by atoms with Gasteiger partial charge in [-0.25, -0.2) is 0 Å². The Kier molecular flexibility index (Phi) is 7.34. The molecule has 6 nitrogen and oxygen atoms in total. The van der Waals surface area contributed by atoms with E-state index in [0.29, 0.717) is 30.3 Å². The van der Waals surface area contributed by atoms with E-state index in [2.05, 4.69) is 42.3 Å². The summed E-state index contributed by atoms with van der Waals surface area (Å²) in [6, 6.07) is 13.3. The SMILES string of the molecule is Cc1cccc(N2CCN(C(=O)C[NH+](C)CC(=O)Nc3ccc(Cl)cc3)CC2)c1C. The summed E-state index contributed by atoms with van der Waals surface area (Å²) < 4.78 is 0. The summed E-state index contributed by atoms with van der Waals surface area (Å²) in [5, 5.41) is 3.46. The highest BCUT2D eigenvalue weighted by atomic mass is 35.5. The lowest BCUT2D eigenvalue weighted by molar-refractivity contribution is -0.862. The van der Waals surface area contributed by atoms with Crippen LogP contribution in [0.1, 0.15) is 11.1 Å². The van der Waals surface area contributed by atoms with E-state index >= 15 is 0 Å². The van der Waals surface area contributed by atoms with Crippen molar-refractivity contribution in [3.8, 4) is 0 Å². The molecule has 0 bridgehead atoms. The summed E-state index contributed by atoms with van der Waals surface area (Å²) in [7, 11) is 1.87. The van der Waals surface area contributed by atoms with Crippen molar-refractivity contribution in [3.63, 3.8) is 0 Å². The number of quaternary nitrogens is 1. The Hall–Kier alpha value is -2.57. The Morgan fingerprint density at radius 1 is 1.00 bits per heavy atom. The number of hydrogen-bond acceptors (Lipinski definition) is 3. The smallest absolute Gasteiger partial charge is 0.279 e. The predicted octanol–water partition coefficient (Wildman–Crippen LogP) is 1.76. The average Bonchev–Trinajstić information content (AvgIpc) is 2.71. The van der Waals surface area contributed by atoms with Gasteiger partial charge < -0.3 is 20.0 Å². The molecule has 1 saturated heterocycles. The highest BCUT2D eigenvalue weighted by Crippen LogP contribution is 2.23. The number of anilines is 2. The van der Waals surface area contributed by atoms with Crippen LogP contribution in [-0.2, 0) is 9.59 Å². The van der Waals surface area contributed by atoms with Crippen LogP contribution in [0.15, 0.2) is 42.5 Å². The van der Waals surface area contributed by atoms with Crippen molar-refractivity contribution in [2.45, 2.75) is 13.8 Å². The number of nitrogens with zero attached hydrogens (tertiary/aromatic N) is 2. The van der Waals surface area contributed by atoms with Crippen molar-refractivity contribution < 1.29 is 14.5 Å². The standard InChI is InChI=1S/C23H29ClN4O2/c1-17-5-4-6-21(18(17)2)27-11-13-28(14-12-27)23(30)16-26(3)15-22(29)25-20-9-7-19(24)8-10-20/h4-10H,11-16H2,1-3H3,(H,25,29)/p+1. The Labute approximate surface area is 183 Å². The van der Waals surface area contributed by atoms with Gasteiger partial charge >= 0.3 is 0 Å². The summed E-state index contributed by atoms with van der Waals surface area (Å²) in [6.45, 7) is 7.87. The fraction of sp³-hybridized carbons (Fsp3) is 0.391. The number of halogens is 1. The first-order chi connectivity index (χ1) is 14.3. The number of aryl methyl sites for hydroxylation is 1. The second-order valence-electron chi connectivity index (χ2n) is 7.95. The molecule has 1 aliphatic rings. The number of likely N-dealkylation sites (N-methyl/N-ethyl adjacent to an activating group) is 1. The first kappa shape index (κ1) is 22.1. The van der Waals surface area contributed by atoms with E-state index in [1.807, 2.05) is 11.9 Å². The fourth-order valence-electron chi connectivity index (χ4n) is 3.72. The number of carbonyl (C=O) groups is 2. The molecule has 1 fully saturated rings. The summed E-state index contributed by atoms with van der Waals surface area (Å²) in [6.07, 6.45) is 0. The van der Waals surface area contributed by atoms with Crippen LogP contribution in [-0.4, -0.2) is 63.0 Å². The van der Waals surface area contributed by atoms with E-state index in [-0.39, 0.29) is 18.4 Å². The zero-order chi connectivity index (χ0) is 21.7. The summed E-state index contributed by atoms with van der Waals surface area (Å²) in [5.74, 6) is -0.0326. The van der Waals surface area contributed by atoms with E-state index in [1.54, 1.807) is 24.3 Å². The maximum Gasteiger partial charge on any atom is 0.279 e. The predicted molar refractivity (Wildman–Crippen MR) is 121 cm³/mol. The molecule has 0 spiro atoms. The molecule has 2 N–H and O–H groups in total. The van der Waals surface area contributed by atoms with Gasteiger partial charge in [-0.1, -0.05) is 23.7 Å². The fourth-order valence-corrected chi connectivity index (χ4v) is 3.85. The number of benzene rings is 2. The number of piperazine rings is 1. The lowest BCUT2D eigenvalue weighted by Crippen LogP contribution is -3.11. The molecule has 0 radical (unpaired) electrons. The zero-order valence-corrected chi connectivity index (χ0v) is 18.6. The molecule has 7 heteroatoms. The zero-order valence-electron chi connectivity index (χ0n) is 17.9. The third-order valence-corrected chi connectivity index (χ3v) is 5.84. The van der Waals surface area contributed by atoms with Gasteiger partial charge in [0.05, 0.1) is 7.05 Å². The number of nitrogens with one attached hydrogen (secondary N) is 2. The third kappa shape index (κ3) is 5.74. The molecule has 0 saturated carbocycles. The summed E-state index contributed by atoms with van der Waals surface area (Å²) in [5.41, 5.74) is 4.54. The normalized spacial score (nSPS) is 15.1. The molecular formula is C23H30ClN4O2+. The highest BCUT2D eigenvalue weighted by Gasteiger charge is 2.25. The van der Waals surface area contributed by atoms with Crippen LogP contribution in [0.25, 0.3) is 0 Å². The van der Waals surface area contributed by atoms with Crippen molar-refractivity contribution in [3.05, 3.63) is 58.6 Å². The minimum absolute atomic E-state index is 0.0902. The maximum absolute atomic E-state index is 12.7. The molecule has 2 amide bonds.